The molecule has 1 aromatic carbocycles. The predicted octanol–water partition coefficient (Wildman–Crippen LogP) is 4.71. The first-order valence-corrected chi connectivity index (χ1v) is 9.69. The van der Waals surface area contributed by atoms with Gasteiger partial charge in [0, 0.05) is 11.0 Å². The van der Waals surface area contributed by atoms with Crippen LogP contribution in [-0.2, 0) is 5.41 Å². The van der Waals surface area contributed by atoms with Gasteiger partial charge >= 0.3 is 0 Å². The number of aromatic nitrogens is 2. The van der Waals surface area contributed by atoms with Gasteiger partial charge < -0.3 is 13.9 Å². The summed E-state index contributed by atoms with van der Waals surface area (Å²) >= 11 is 0. The van der Waals surface area contributed by atoms with Crippen LogP contribution in [0.25, 0.3) is 11.5 Å². The summed E-state index contributed by atoms with van der Waals surface area (Å²) in [5, 5.41) is 8.95. The molecule has 7 rings (SSSR count). The van der Waals surface area contributed by atoms with E-state index in [0.717, 1.165) is 28.9 Å². The summed E-state index contributed by atoms with van der Waals surface area (Å²) < 4.78 is 17.2. The second kappa shape index (κ2) is 4.62. The van der Waals surface area contributed by atoms with Crippen molar-refractivity contribution in [2.45, 2.75) is 57.8 Å². The van der Waals surface area contributed by atoms with Gasteiger partial charge in [0.1, 0.15) is 0 Å². The highest BCUT2D eigenvalue weighted by Crippen LogP contribution is 2.69. The topological polar surface area (TPSA) is 57.4 Å². The molecule has 0 N–H and O–H groups in total. The van der Waals surface area contributed by atoms with Gasteiger partial charge in [0.25, 0.3) is 0 Å². The third-order valence-electron chi connectivity index (χ3n) is 7.12. The van der Waals surface area contributed by atoms with Crippen LogP contribution in [0.3, 0.4) is 0 Å². The number of ether oxygens (including phenoxy) is 2. The lowest BCUT2D eigenvalue weighted by Gasteiger charge is -2.64. The van der Waals surface area contributed by atoms with Crippen molar-refractivity contribution in [2.75, 3.05) is 6.79 Å². The lowest BCUT2D eigenvalue weighted by atomic mass is 9.40. The molecule has 1 aliphatic heterocycles. The molecule has 4 aliphatic carbocycles. The fraction of sp³-hybridized carbons (Fsp3) is 0.619. The van der Waals surface area contributed by atoms with Gasteiger partial charge in [0.05, 0.1) is 0 Å². The van der Waals surface area contributed by atoms with Crippen LogP contribution in [0.15, 0.2) is 22.6 Å². The van der Waals surface area contributed by atoms with Crippen LogP contribution in [0, 0.1) is 16.7 Å². The summed E-state index contributed by atoms with van der Waals surface area (Å²) in [5.41, 5.74) is 1.84. The van der Waals surface area contributed by atoms with Crippen molar-refractivity contribution < 1.29 is 13.9 Å². The minimum Gasteiger partial charge on any atom is -0.454 e. The zero-order valence-electron chi connectivity index (χ0n) is 15.4. The van der Waals surface area contributed by atoms with Crippen molar-refractivity contribution in [1.29, 1.82) is 0 Å². The van der Waals surface area contributed by atoms with E-state index in [1.165, 1.54) is 38.5 Å². The molecule has 0 amide bonds. The van der Waals surface area contributed by atoms with E-state index >= 15 is 0 Å². The van der Waals surface area contributed by atoms with Crippen molar-refractivity contribution in [2.24, 2.45) is 16.7 Å². The lowest BCUT2D eigenvalue weighted by molar-refractivity contribution is -0.117. The molecule has 2 aromatic rings. The van der Waals surface area contributed by atoms with Crippen molar-refractivity contribution >= 4 is 0 Å². The van der Waals surface area contributed by atoms with Gasteiger partial charge in [-0.25, -0.2) is 0 Å². The van der Waals surface area contributed by atoms with E-state index in [1.807, 2.05) is 18.2 Å². The molecule has 0 radical (unpaired) electrons. The van der Waals surface area contributed by atoms with E-state index in [-0.39, 0.29) is 12.2 Å². The van der Waals surface area contributed by atoms with Crippen LogP contribution >= 0.6 is 0 Å². The van der Waals surface area contributed by atoms with E-state index in [1.54, 1.807) is 0 Å². The molecular formula is C21H24N2O3. The predicted molar refractivity (Wildman–Crippen MR) is 94.9 cm³/mol. The minimum atomic E-state index is 0.0739. The SMILES string of the molecule is CC12CC3CC(C)(C1)CC(c1nnc(-c4ccc5c(c4)OCO5)o1)(C3)C2. The summed E-state index contributed by atoms with van der Waals surface area (Å²) in [4.78, 5) is 0. The molecule has 2 atom stereocenters. The van der Waals surface area contributed by atoms with Crippen molar-refractivity contribution in [3.8, 4) is 23.0 Å². The number of fused-ring (bicyclic) bond motifs is 1. The van der Waals surface area contributed by atoms with E-state index < -0.39 is 0 Å². The standard InChI is InChI=1S/C21H24N2O3/c1-19-6-13-7-20(2,9-19)11-21(8-13,10-19)18-23-22-17(26-18)14-3-4-15-16(5-14)25-12-24-15/h3-5,13H,6-12H2,1-2H3. The first-order valence-electron chi connectivity index (χ1n) is 9.69. The van der Waals surface area contributed by atoms with E-state index in [4.69, 9.17) is 13.9 Å². The Balaban J connectivity index is 1.39. The van der Waals surface area contributed by atoms with Crippen molar-refractivity contribution in [3.63, 3.8) is 0 Å². The highest BCUT2D eigenvalue weighted by atomic mass is 16.7. The van der Waals surface area contributed by atoms with E-state index in [9.17, 15) is 0 Å². The van der Waals surface area contributed by atoms with Crippen molar-refractivity contribution in [3.05, 3.63) is 24.1 Å². The first-order chi connectivity index (χ1) is 12.4. The smallest absolute Gasteiger partial charge is 0.247 e. The number of hydrogen-bond acceptors (Lipinski definition) is 5. The summed E-state index contributed by atoms with van der Waals surface area (Å²) in [6.45, 7) is 5.22. The van der Waals surface area contributed by atoms with Crippen LogP contribution in [0.2, 0.25) is 0 Å². The highest BCUT2D eigenvalue weighted by Gasteiger charge is 2.62. The zero-order valence-corrected chi connectivity index (χ0v) is 15.4. The molecule has 2 heterocycles. The van der Waals surface area contributed by atoms with E-state index in [2.05, 4.69) is 24.0 Å². The van der Waals surface area contributed by atoms with Crippen LogP contribution in [0.5, 0.6) is 11.5 Å². The highest BCUT2D eigenvalue weighted by molar-refractivity contribution is 5.60. The molecule has 0 spiro atoms. The Morgan fingerprint density at radius 3 is 2.46 bits per heavy atom. The van der Waals surface area contributed by atoms with Gasteiger partial charge in [-0.3, -0.25) is 0 Å². The maximum Gasteiger partial charge on any atom is 0.247 e. The Hall–Kier alpha value is -2.04. The summed E-state index contributed by atoms with van der Waals surface area (Å²) in [5.74, 6) is 3.77. The summed E-state index contributed by atoms with van der Waals surface area (Å²) in [7, 11) is 0. The zero-order chi connectivity index (χ0) is 17.6. The molecule has 5 nitrogen and oxygen atoms in total. The fourth-order valence-electron chi connectivity index (χ4n) is 7.27. The Morgan fingerprint density at radius 1 is 0.923 bits per heavy atom. The molecule has 136 valence electrons. The maximum absolute atomic E-state index is 6.29. The number of nitrogens with zero attached hydrogens (tertiary/aromatic N) is 2. The quantitative estimate of drug-likeness (QED) is 0.783. The molecule has 2 unspecified atom stereocenters. The van der Waals surface area contributed by atoms with Gasteiger partial charge in [-0.1, -0.05) is 13.8 Å². The maximum atomic E-state index is 6.29. The molecule has 26 heavy (non-hydrogen) atoms. The third-order valence-corrected chi connectivity index (χ3v) is 7.12. The van der Waals surface area contributed by atoms with Crippen LogP contribution in [0.4, 0.5) is 0 Å². The molecular weight excluding hydrogens is 328 g/mol. The second-order valence-corrected chi connectivity index (χ2v) is 9.89. The van der Waals surface area contributed by atoms with Gasteiger partial charge in [-0.15, -0.1) is 10.2 Å². The largest absolute Gasteiger partial charge is 0.454 e. The van der Waals surface area contributed by atoms with Crippen LogP contribution in [-0.4, -0.2) is 17.0 Å². The van der Waals surface area contributed by atoms with Crippen LogP contribution in [0.1, 0.15) is 58.3 Å². The first kappa shape index (κ1) is 15.1. The molecule has 5 aliphatic rings. The number of rotatable bonds is 2. The molecule has 5 heteroatoms. The second-order valence-electron chi connectivity index (χ2n) is 9.89. The average molecular weight is 352 g/mol. The Bertz CT molecular complexity index is 886. The Kier molecular flexibility index (Phi) is 2.68. The van der Waals surface area contributed by atoms with Gasteiger partial charge in [0.2, 0.25) is 18.6 Å². The van der Waals surface area contributed by atoms with Gasteiger partial charge in [-0.05, 0) is 73.5 Å². The Labute approximate surface area is 153 Å². The monoisotopic (exact) mass is 352 g/mol. The third kappa shape index (κ3) is 2.03. The minimum absolute atomic E-state index is 0.0739. The van der Waals surface area contributed by atoms with Gasteiger partial charge in [0.15, 0.2) is 11.5 Å². The fourth-order valence-corrected chi connectivity index (χ4v) is 7.27. The van der Waals surface area contributed by atoms with Crippen molar-refractivity contribution in [1.82, 2.24) is 10.2 Å². The number of hydrogen-bond donors (Lipinski definition) is 0. The molecule has 1 aromatic heterocycles. The summed E-state index contributed by atoms with van der Waals surface area (Å²) in [6.07, 6.45) is 7.67. The number of benzene rings is 1. The molecule has 4 saturated carbocycles. The average Bonchev–Trinajstić information content (AvgIpc) is 3.20. The lowest BCUT2D eigenvalue weighted by Crippen LogP contribution is -2.57. The Morgan fingerprint density at radius 2 is 1.69 bits per heavy atom. The molecule has 4 fully saturated rings. The van der Waals surface area contributed by atoms with Gasteiger partial charge in [-0.2, -0.15) is 0 Å². The molecule has 0 saturated heterocycles. The van der Waals surface area contributed by atoms with E-state index in [0.29, 0.717) is 16.7 Å². The summed E-state index contributed by atoms with van der Waals surface area (Å²) in [6, 6.07) is 5.81. The normalized spacial score (nSPS) is 39.5. The van der Waals surface area contributed by atoms with Crippen LogP contribution < -0.4 is 9.47 Å². The molecule has 4 bridgehead atoms.